The molecule has 26 heavy (non-hydrogen) atoms. The van der Waals surface area contributed by atoms with Crippen LogP contribution in [0.25, 0.3) is 0 Å². The maximum Gasteiger partial charge on any atom is 0.337 e. The van der Waals surface area contributed by atoms with E-state index < -0.39 is 22.0 Å². The second-order valence-electron chi connectivity index (χ2n) is 6.58. The zero-order valence-corrected chi connectivity index (χ0v) is 16.7. The first-order valence-electron chi connectivity index (χ1n) is 8.44. The van der Waals surface area contributed by atoms with Crippen LogP contribution in [0.3, 0.4) is 0 Å². The van der Waals surface area contributed by atoms with Crippen LogP contribution in [-0.2, 0) is 19.5 Å². The highest BCUT2D eigenvalue weighted by Crippen LogP contribution is 2.18. The minimum Gasteiger partial charge on any atom is -0.465 e. The van der Waals surface area contributed by atoms with Gasteiger partial charge in [-0.15, -0.1) is 0 Å². The molecule has 0 fully saturated rings. The summed E-state index contributed by atoms with van der Waals surface area (Å²) < 4.78 is 37.1. The van der Waals surface area contributed by atoms with Crippen molar-refractivity contribution in [2.24, 2.45) is 5.92 Å². The van der Waals surface area contributed by atoms with E-state index in [1.807, 2.05) is 0 Å². The summed E-state index contributed by atoms with van der Waals surface area (Å²) in [6.45, 7) is 6.01. The van der Waals surface area contributed by atoms with Crippen molar-refractivity contribution in [3.05, 3.63) is 29.3 Å². The zero-order valence-electron chi connectivity index (χ0n) is 15.9. The minimum atomic E-state index is -3.90. The molecule has 0 aliphatic rings. The van der Waals surface area contributed by atoms with E-state index in [0.717, 1.165) is 12.8 Å². The van der Waals surface area contributed by atoms with Crippen LogP contribution in [-0.4, -0.2) is 40.6 Å². The maximum absolute atomic E-state index is 12.7. The van der Waals surface area contributed by atoms with Gasteiger partial charge in [0.15, 0.2) is 0 Å². The molecule has 146 valence electrons. The fourth-order valence-corrected chi connectivity index (χ4v) is 3.80. The third-order valence-electron chi connectivity index (χ3n) is 3.83. The molecule has 1 atom stereocenters. The zero-order chi connectivity index (χ0) is 19.9. The summed E-state index contributed by atoms with van der Waals surface area (Å²) in [7, 11) is -1.55. The van der Waals surface area contributed by atoms with E-state index in [1.54, 1.807) is 6.92 Å². The van der Waals surface area contributed by atoms with Gasteiger partial charge in [-0.2, -0.15) is 0 Å². The third-order valence-corrected chi connectivity index (χ3v) is 5.40. The van der Waals surface area contributed by atoms with E-state index in [0.29, 0.717) is 12.3 Å². The van der Waals surface area contributed by atoms with E-state index in [1.165, 1.54) is 32.4 Å². The molecular formula is C18H27NO6S. The Bertz CT molecular complexity index is 708. The van der Waals surface area contributed by atoms with Gasteiger partial charge in [-0.25, -0.2) is 22.7 Å². The Morgan fingerprint density at radius 1 is 0.962 bits per heavy atom. The van der Waals surface area contributed by atoms with Crippen molar-refractivity contribution in [3.63, 3.8) is 0 Å². The average Bonchev–Trinajstić information content (AvgIpc) is 2.59. The minimum absolute atomic E-state index is 0.0387. The highest BCUT2D eigenvalue weighted by atomic mass is 32.2. The number of esters is 2. The summed E-state index contributed by atoms with van der Waals surface area (Å²) in [5.41, 5.74) is -0.0773. The average molecular weight is 385 g/mol. The maximum atomic E-state index is 12.7. The molecule has 0 radical (unpaired) electrons. The van der Waals surface area contributed by atoms with Crippen LogP contribution >= 0.6 is 0 Å². The van der Waals surface area contributed by atoms with Crippen molar-refractivity contribution in [2.75, 3.05) is 14.2 Å². The molecule has 0 spiro atoms. The number of hydrogen-bond acceptors (Lipinski definition) is 6. The Morgan fingerprint density at radius 2 is 1.46 bits per heavy atom. The molecule has 7 nitrogen and oxygen atoms in total. The Labute approximate surface area is 155 Å². The number of benzene rings is 1. The summed E-state index contributed by atoms with van der Waals surface area (Å²) in [6, 6.07) is 3.33. The molecule has 8 heteroatoms. The van der Waals surface area contributed by atoms with Gasteiger partial charge >= 0.3 is 11.9 Å². The second-order valence-corrected chi connectivity index (χ2v) is 8.29. The van der Waals surface area contributed by atoms with Gasteiger partial charge in [-0.05, 0) is 37.5 Å². The lowest BCUT2D eigenvalue weighted by molar-refractivity contribution is 0.0598. The number of sulfonamides is 1. The number of rotatable bonds is 9. The summed E-state index contributed by atoms with van der Waals surface area (Å²) in [5.74, 6) is -0.924. The SMILES string of the molecule is COC(=O)c1cc(C(=O)OC)cc(S(=O)(=O)N[C@H](C)CCCC(C)C)c1. The van der Waals surface area contributed by atoms with Gasteiger partial charge < -0.3 is 9.47 Å². The van der Waals surface area contributed by atoms with Crippen LogP contribution < -0.4 is 4.72 Å². The lowest BCUT2D eigenvalue weighted by atomic mass is 10.0. The van der Waals surface area contributed by atoms with Crippen molar-refractivity contribution in [1.82, 2.24) is 4.72 Å². The predicted molar refractivity (Wildman–Crippen MR) is 97.6 cm³/mol. The first kappa shape index (κ1) is 22.1. The third kappa shape index (κ3) is 6.42. The molecule has 0 bridgehead atoms. The molecule has 1 aromatic carbocycles. The molecule has 0 heterocycles. The molecule has 0 aliphatic heterocycles. The Hall–Kier alpha value is -1.93. The van der Waals surface area contributed by atoms with E-state index in [-0.39, 0.29) is 22.1 Å². The second kappa shape index (κ2) is 9.68. The summed E-state index contributed by atoms with van der Waals surface area (Å²) in [6.07, 6.45) is 2.60. The smallest absolute Gasteiger partial charge is 0.337 e. The number of ether oxygens (including phenoxy) is 2. The van der Waals surface area contributed by atoms with Gasteiger partial charge in [0.25, 0.3) is 0 Å². The monoisotopic (exact) mass is 385 g/mol. The Balaban J connectivity index is 3.10. The van der Waals surface area contributed by atoms with Crippen LogP contribution in [0.1, 0.15) is 60.7 Å². The van der Waals surface area contributed by atoms with Crippen LogP contribution in [0.2, 0.25) is 0 Å². The van der Waals surface area contributed by atoms with E-state index in [9.17, 15) is 18.0 Å². The number of carbonyl (C=O) groups excluding carboxylic acids is 2. The van der Waals surface area contributed by atoms with E-state index in [4.69, 9.17) is 0 Å². The summed E-state index contributed by atoms with van der Waals surface area (Å²) in [5, 5.41) is 0. The topological polar surface area (TPSA) is 98.8 Å². The number of nitrogens with one attached hydrogen (secondary N) is 1. The molecule has 0 amide bonds. The van der Waals surface area contributed by atoms with Crippen LogP contribution in [0.15, 0.2) is 23.1 Å². The normalized spacial score (nSPS) is 12.7. The van der Waals surface area contributed by atoms with Gasteiger partial charge in [0, 0.05) is 6.04 Å². The number of methoxy groups -OCH3 is 2. The lowest BCUT2D eigenvalue weighted by Crippen LogP contribution is -2.33. The lowest BCUT2D eigenvalue weighted by Gasteiger charge is -2.16. The van der Waals surface area contributed by atoms with Gasteiger partial charge in [-0.1, -0.05) is 26.7 Å². The Morgan fingerprint density at radius 3 is 1.88 bits per heavy atom. The first-order valence-corrected chi connectivity index (χ1v) is 9.93. The molecular weight excluding hydrogens is 358 g/mol. The van der Waals surface area contributed by atoms with Crippen molar-refractivity contribution >= 4 is 22.0 Å². The quantitative estimate of drug-likeness (QED) is 0.656. The molecule has 0 saturated heterocycles. The van der Waals surface area contributed by atoms with Gasteiger partial charge in [0.05, 0.1) is 30.2 Å². The molecule has 0 aromatic heterocycles. The molecule has 1 rings (SSSR count). The highest BCUT2D eigenvalue weighted by molar-refractivity contribution is 7.89. The standard InChI is InChI=1S/C18H27NO6S/c1-12(2)7-6-8-13(3)19-26(22,23)16-10-14(17(20)24-4)9-15(11-16)18(21)25-5/h9-13,19H,6-8H2,1-5H3/t13-/m1/s1. The fraction of sp³-hybridized carbons (Fsp3) is 0.556. The molecule has 0 saturated carbocycles. The van der Waals surface area contributed by atoms with Crippen molar-refractivity contribution in [3.8, 4) is 0 Å². The molecule has 1 N–H and O–H groups in total. The van der Waals surface area contributed by atoms with Gasteiger partial charge in [0.1, 0.15) is 0 Å². The van der Waals surface area contributed by atoms with Crippen LogP contribution in [0.5, 0.6) is 0 Å². The van der Waals surface area contributed by atoms with Gasteiger partial charge in [0.2, 0.25) is 10.0 Å². The summed E-state index contributed by atoms with van der Waals surface area (Å²) >= 11 is 0. The molecule has 1 aromatic rings. The van der Waals surface area contributed by atoms with Crippen LogP contribution in [0.4, 0.5) is 0 Å². The van der Waals surface area contributed by atoms with E-state index in [2.05, 4.69) is 28.0 Å². The largest absolute Gasteiger partial charge is 0.465 e. The predicted octanol–water partition coefficient (Wildman–Crippen LogP) is 2.75. The van der Waals surface area contributed by atoms with Crippen molar-refractivity contribution in [2.45, 2.75) is 51.0 Å². The summed E-state index contributed by atoms with van der Waals surface area (Å²) in [4.78, 5) is 23.4. The van der Waals surface area contributed by atoms with Crippen molar-refractivity contribution < 1.29 is 27.5 Å². The van der Waals surface area contributed by atoms with Gasteiger partial charge in [-0.3, -0.25) is 0 Å². The molecule has 0 unspecified atom stereocenters. The number of carbonyl (C=O) groups is 2. The Kier molecular flexibility index (Phi) is 8.23. The van der Waals surface area contributed by atoms with Crippen LogP contribution in [0, 0.1) is 5.92 Å². The first-order chi connectivity index (χ1) is 12.1. The van der Waals surface area contributed by atoms with E-state index >= 15 is 0 Å². The number of hydrogen-bond donors (Lipinski definition) is 1. The highest BCUT2D eigenvalue weighted by Gasteiger charge is 2.22. The molecule has 0 aliphatic carbocycles. The fourth-order valence-electron chi connectivity index (χ4n) is 2.45. The van der Waals surface area contributed by atoms with Crippen molar-refractivity contribution in [1.29, 1.82) is 0 Å².